The second kappa shape index (κ2) is 8.88. The van der Waals surface area contributed by atoms with Gasteiger partial charge < -0.3 is 14.8 Å². The molecular weight excluding hydrogens is 380 g/mol. The third-order valence-electron chi connectivity index (χ3n) is 4.51. The number of para-hydroxylation sites is 1. The van der Waals surface area contributed by atoms with Crippen LogP contribution in [0.5, 0.6) is 5.75 Å². The molecule has 2 aromatic rings. The lowest BCUT2D eigenvalue weighted by Gasteiger charge is -2.18. The van der Waals surface area contributed by atoms with Gasteiger partial charge in [-0.25, -0.2) is 4.79 Å². The summed E-state index contributed by atoms with van der Waals surface area (Å²) in [4.78, 5) is 37.5. The van der Waals surface area contributed by atoms with Crippen LogP contribution in [0.1, 0.15) is 34.1 Å². The van der Waals surface area contributed by atoms with Gasteiger partial charge in [0.1, 0.15) is 10.8 Å². The number of carbonyl (C=O) groups excluding carboxylic acids is 3. The number of benzene rings is 1. The maximum Gasteiger partial charge on any atom is 0.413 e. The topological polar surface area (TPSA) is 93.7 Å². The quantitative estimate of drug-likeness (QED) is 0.800. The van der Waals surface area contributed by atoms with Gasteiger partial charge in [-0.1, -0.05) is 25.1 Å². The molecule has 7 nitrogen and oxygen atoms in total. The minimum absolute atomic E-state index is 0.180. The van der Waals surface area contributed by atoms with E-state index in [1.54, 1.807) is 12.1 Å². The van der Waals surface area contributed by atoms with Crippen molar-refractivity contribution in [2.45, 2.75) is 26.2 Å². The number of nitrogens with one attached hydrogen (secondary N) is 2. The molecule has 0 saturated carbocycles. The normalized spacial score (nSPS) is 15.3. The average molecular weight is 402 g/mol. The second-order valence-electron chi connectivity index (χ2n) is 6.65. The predicted molar refractivity (Wildman–Crippen MR) is 106 cm³/mol. The molecule has 0 aliphatic heterocycles. The third kappa shape index (κ3) is 4.69. The molecule has 2 N–H and O–H groups in total. The summed E-state index contributed by atoms with van der Waals surface area (Å²) in [7, 11) is 1.19. The Morgan fingerprint density at radius 3 is 2.68 bits per heavy atom. The highest BCUT2D eigenvalue weighted by atomic mass is 32.1. The third-order valence-corrected chi connectivity index (χ3v) is 5.68. The first-order valence-electron chi connectivity index (χ1n) is 8.99. The van der Waals surface area contributed by atoms with Crippen molar-refractivity contribution in [1.82, 2.24) is 5.32 Å². The predicted octanol–water partition coefficient (Wildman–Crippen LogP) is 3.39. The van der Waals surface area contributed by atoms with E-state index in [4.69, 9.17) is 4.74 Å². The van der Waals surface area contributed by atoms with E-state index in [0.29, 0.717) is 22.2 Å². The maximum atomic E-state index is 12.6. The Morgan fingerprint density at radius 1 is 1.21 bits per heavy atom. The summed E-state index contributed by atoms with van der Waals surface area (Å²) in [6, 6.07) is 9.01. The van der Waals surface area contributed by atoms with Crippen LogP contribution in [0.3, 0.4) is 0 Å². The molecule has 0 spiro atoms. The lowest BCUT2D eigenvalue weighted by molar-refractivity contribution is -0.118. The lowest BCUT2D eigenvalue weighted by Crippen LogP contribution is -2.32. The molecular formula is C20H22N2O5S. The zero-order chi connectivity index (χ0) is 20.1. The number of alkyl carbamates (subject to hydrolysis) is 1. The van der Waals surface area contributed by atoms with Crippen LogP contribution in [0.15, 0.2) is 30.3 Å². The minimum atomic E-state index is -0.834. The number of imide groups is 1. The summed E-state index contributed by atoms with van der Waals surface area (Å²) in [5, 5.41) is 5.39. The second-order valence-corrected chi connectivity index (χ2v) is 7.76. The summed E-state index contributed by atoms with van der Waals surface area (Å²) < 4.78 is 9.97. The number of anilines is 1. The Morgan fingerprint density at radius 2 is 1.96 bits per heavy atom. The number of hydrogen-bond donors (Lipinski definition) is 2. The van der Waals surface area contributed by atoms with Gasteiger partial charge in [-0.05, 0) is 42.9 Å². The Kier molecular flexibility index (Phi) is 6.30. The number of fused-ring (bicyclic) bond motifs is 1. The molecule has 1 aliphatic rings. The summed E-state index contributed by atoms with van der Waals surface area (Å²) >= 11 is 1.38. The first-order chi connectivity index (χ1) is 13.5. The zero-order valence-electron chi connectivity index (χ0n) is 15.7. The van der Waals surface area contributed by atoms with Crippen molar-refractivity contribution in [3.8, 4) is 5.75 Å². The van der Waals surface area contributed by atoms with Crippen molar-refractivity contribution >= 4 is 34.2 Å². The molecule has 8 heteroatoms. The molecule has 1 atom stereocenters. The van der Waals surface area contributed by atoms with Crippen LogP contribution in [0.25, 0.3) is 0 Å². The van der Waals surface area contributed by atoms with Crippen LogP contribution in [-0.2, 0) is 22.4 Å². The van der Waals surface area contributed by atoms with Gasteiger partial charge in [0.2, 0.25) is 0 Å². The fourth-order valence-corrected chi connectivity index (χ4v) is 4.54. The van der Waals surface area contributed by atoms with E-state index in [2.05, 4.69) is 22.3 Å². The molecule has 0 radical (unpaired) electrons. The molecule has 0 saturated heterocycles. The molecule has 1 aliphatic carbocycles. The van der Waals surface area contributed by atoms with Gasteiger partial charge in [0.25, 0.3) is 11.8 Å². The Labute approximate surface area is 167 Å². The fraction of sp³-hybridized carbons (Fsp3) is 0.350. The van der Waals surface area contributed by atoms with Gasteiger partial charge in [-0.3, -0.25) is 14.9 Å². The summed E-state index contributed by atoms with van der Waals surface area (Å²) in [6.07, 6.45) is 1.69. The molecule has 3 rings (SSSR count). The first-order valence-corrected chi connectivity index (χ1v) is 9.81. The molecule has 0 unspecified atom stereocenters. The van der Waals surface area contributed by atoms with Gasteiger partial charge in [-0.15, -0.1) is 11.3 Å². The lowest BCUT2D eigenvalue weighted by atomic mass is 9.88. The van der Waals surface area contributed by atoms with E-state index in [9.17, 15) is 14.4 Å². The highest BCUT2D eigenvalue weighted by Gasteiger charge is 2.29. The number of carbonyl (C=O) groups is 3. The fourth-order valence-electron chi connectivity index (χ4n) is 3.11. The summed E-state index contributed by atoms with van der Waals surface area (Å²) in [6.45, 7) is 1.98. The van der Waals surface area contributed by atoms with E-state index >= 15 is 0 Å². The van der Waals surface area contributed by atoms with Crippen molar-refractivity contribution in [3.63, 3.8) is 0 Å². The van der Waals surface area contributed by atoms with E-state index in [-0.39, 0.29) is 12.5 Å². The molecule has 1 aromatic heterocycles. The van der Waals surface area contributed by atoms with Crippen LogP contribution in [-0.4, -0.2) is 31.6 Å². The van der Waals surface area contributed by atoms with E-state index < -0.39 is 12.0 Å². The largest absolute Gasteiger partial charge is 0.484 e. The first kappa shape index (κ1) is 19.9. The van der Waals surface area contributed by atoms with Crippen molar-refractivity contribution < 1.29 is 23.9 Å². The number of amides is 3. The van der Waals surface area contributed by atoms with Gasteiger partial charge in [0.15, 0.2) is 6.61 Å². The molecule has 148 valence electrons. The number of rotatable bonds is 5. The SMILES string of the molecule is COC(=O)NC(=O)c1c(NC(=O)COc2ccccc2)sc2c1CC[C@@H](C)C2. The van der Waals surface area contributed by atoms with Crippen molar-refractivity contribution in [1.29, 1.82) is 0 Å². The van der Waals surface area contributed by atoms with Crippen molar-refractivity contribution in [3.05, 3.63) is 46.3 Å². The van der Waals surface area contributed by atoms with Gasteiger partial charge in [0.05, 0.1) is 12.7 Å². The monoisotopic (exact) mass is 402 g/mol. The molecule has 0 fully saturated rings. The number of thiophene rings is 1. The van der Waals surface area contributed by atoms with Crippen molar-refractivity contribution in [2.24, 2.45) is 5.92 Å². The maximum absolute atomic E-state index is 12.6. The number of methoxy groups -OCH3 is 1. The van der Waals surface area contributed by atoms with Crippen LogP contribution in [0, 0.1) is 5.92 Å². The molecule has 1 heterocycles. The Bertz CT molecular complexity index is 878. The smallest absolute Gasteiger partial charge is 0.413 e. The van der Waals surface area contributed by atoms with E-state index in [1.807, 2.05) is 18.2 Å². The summed E-state index contributed by atoms with van der Waals surface area (Å²) in [5.41, 5.74) is 1.23. The molecule has 1 aromatic carbocycles. The van der Waals surface area contributed by atoms with E-state index in [1.165, 1.54) is 18.4 Å². The molecule has 0 bridgehead atoms. The van der Waals surface area contributed by atoms with Crippen LogP contribution in [0.4, 0.5) is 9.80 Å². The highest BCUT2D eigenvalue weighted by molar-refractivity contribution is 7.17. The van der Waals surface area contributed by atoms with Crippen molar-refractivity contribution in [2.75, 3.05) is 19.0 Å². The van der Waals surface area contributed by atoms with Crippen LogP contribution < -0.4 is 15.4 Å². The average Bonchev–Trinajstić information content (AvgIpc) is 3.03. The number of ether oxygens (including phenoxy) is 2. The van der Waals surface area contributed by atoms with Gasteiger partial charge in [-0.2, -0.15) is 0 Å². The Hall–Kier alpha value is -2.87. The minimum Gasteiger partial charge on any atom is -0.484 e. The highest BCUT2D eigenvalue weighted by Crippen LogP contribution is 2.39. The zero-order valence-corrected chi connectivity index (χ0v) is 16.6. The Balaban J connectivity index is 1.78. The van der Waals surface area contributed by atoms with Gasteiger partial charge in [0, 0.05) is 4.88 Å². The summed E-state index contributed by atoms with van der Waals surface area (Å²) in [5.74, 6) is 0.147. The van der Waals surface area contributed by atoms with Crippen LogP contribution in [0.2, 0.25) is 0 Å². The molecule has 3 amide bonds. The molecule has 28 heavy (non-hydrogen) atoms. The van der Waals surface area contributed by atoms with Gasteiger partial charge >= 0.3 is 6.09 Å². The number of hydrogen-bond acceptors (Lipinski definition) is 6. The van der Waals surface area contributed by atoms with Crippen LogP contribution >= 0.6 is 11.3 Å². The van der Waals surface area contributed by atoms with E-state index in [0.717, 1.165) is 29.7 Å². The standard InChI is InChI=1S/C20H22N2O5S/c1-12-8-9-14-15(10-12)28-19(17(14)18(24)22-20(25)26-2)21-16(23)11-27-13-6-4-3-5-7-13/h3-7,12H,8-11H2,1-2H3,(H,21,23)(H,22,24,25)/t12-/m1/s1.